The summed E-state index contributed by atoms with van der Waals surface area (Å²) in [5, 5.41) is 3.64. The molecule has 1 saturated carbocycles. The van der Waals surface area contributed by atoms with Gasteiger partial charge < -0.3 is 15.0 Å². The summed E-state index contributed by atoms with van der Waals surface area (Å²) in [7, 11) is 1.59. The first-order valence-electron chi connectivity index (χ1n) is 11.0. The summed E-state index contributed by atoms with van der Waals surface area (Å²) in [5.74, 6) is 0.244. The van der Waals surface area contributed by atoms with Crippen molar-refractivity contribution in [2.45, 2.75) is 51.2 Å². The molecule has 2 amide bonds. The monoisotopic (exact) mass is 476 g/mol. The van der Waals surface area contributed by atoms with Crippen molar-refractivity contribution in [1.82, 2.24) is 10.2 Å². The van der Waals surface area contributed by atoms with Crippen molar-refractivity contribution in [3.8, 4) is 5.75 Å². The summed E-state index contributed by atoms with van der Waals surface area (Å²) in [5.41, 5.74) is 1.41. The molecular weight excluding hydrogens is 447 g/mol. The second-order valence-corrected chi connectivity index (χ2v) is 8.98. The highest BCUT2D eigenvalue weighted by atomic mass is 35.5. The smallest absolute Gasteiger partial charge is 0.247 e. The van der Waals surface area contributed by atoms with Crippen LogP contribution in [0.2, 0.25) is 5.02 Å². The Kier molecular flexibility index (Phi) is 8.83. The number of amides is 2. The van der Waals surface area contributed by atoms with Crippen molar-refractivity contribution in [2.75, 3.05) is 13.0 Å². The first-order valence-corrected chi connectivity index (χ1v) is 11.9. The zero-order valence-corrected chi connectivity index (χ0v) is 20.0. The summed E-state index contributed by atoms with van der Waals surface area (Å²) in [6.07, 6.45) is 4.27. The zero-order chi connectivity index (χ0) is 23.1. The van der Waals surface area contributed by atoms with Crippen LogP contribution in [-0.4, -0.2) is 35.7 Å². The van der Waals surface area contributed by atoms with Gasteiger partial charge in [-0.3, -0.25) is 9.59 Å². The second kappa shape index (κ2) is 11.6. The van der Waals surface area contributed by atoms with Crippen LogP contribution in [0.5, 0.6) is 5.75 Å². The molecule has 3 rings (SSSR count). The SMILES string of the molecule is COc1cccc(CN(C(=O)CCl)[C@H](C(=O)N[C@H]2CCCC[C@@H]2C)c2ccccc2Cl)c1. The molecule has 0 bridgehead atoms. The van der Waals surface area contributed by atoms with Crippen LogP contribution in [0.4, 0.5) is 0 Å². The normalized spacial score (nSPS) is 19.1. The number of halogens is 2. The van der Waals surface area contributed by atoms with Gasteiger partial charge in [0.25, 0.3) is 0 Å². The molecule has 0 radical (unpaired) electrons. The summed E-state index contributed by atoms with van der Waals surface area (Å²) < 4.78 is 5.32. The molecule has 1 aliphatic rings. The lowest BCUT2D eigenvalue weighted by Gasteiger charge is -2.35. The summed E-state index contributed by atoms with van der Waals surface area (Å²) >= 11 is 12.5. The van der Waals surface area contributed by atoms with Crippen LogP contribution in [0.25, 0.3) is 0 Å². The second-order valence-electron chi connectivity index (χ2n) is 8.31. The number of alkyl halides is 1. The lowest BCUT2D eigenvalue weighted by molar-refractivity contribution is -0.140. The quantitative estimate of drug-likeness (QED) is 0.522. The van der Waals surface area contributed by atoms with E-state index in [1.54, 1.807) is 25.3 Å². The third-order valence-electron chi connectivity index (χ3n) is 6.12. The van der Waals surface area contributed by atoms with Crippen molar-refractivity contribution in [3.05, 3.63) is 64.7 Å². The summed E-state index contributed by atoms with van der Waals surface area (Å²) in [6.45, 7) is 2.36. The maximum absolute atomic E-state index is 13.7. The van der Waals surface area contributed by atoms with E-state index < -0.39 is 6.04 Å². The molecule has 0 aromatic heterocycles. The number of ether oxygens (including phenoxy) is 1. The van der Waals surface area contributed by atoms with E-state index in [-0.39, 0.29) is 30.3 Å². The Balaban J connectivity index is 1.98. The highest BCUT2D eigenvalue weighted by Gasteiger charge is 2.35. The van der Waals surface area contributed by atoms with Crippen molar-refractivity contribution in [2.24, 2.45) is 5.92 Å². The van der Waals surface area contributed by atoms with Gasteiger partial charge in [-0.05, 0) is 42.5 Å². The zero-order valence-electron chi connectivity index (χ0n) is 18.5. The molecule has 32 heavy (non-hydrogen) atoms. The molecule has 0 aliphatic heterocycles. The minimum atomic E-state index is -0.893. The number of methoxy groups -OCH3 is 1. The van der Waals surface area contributed by atoms with Crippen LogP contribution in [0.1, 0.15) is 49.8 Å². The van der Waals surface area contributed by atoms with E-state index >= 15 is 0 Å². The molecule has 7 heteroatoms. The molecule has 0 heterocycles. The maximum atomic E-state index is 13.7. The molecule has 2 aromatic rings. The number of hydrogen-bond donors (Lipinski definition) is 1. The predicted molar refractivity (Wildman–Crippen MR) is 128 cm³/mol. The van der Waals surface area contributed by atoms with E-state index in [0.29, 0.717) is 22.3 Å². The molecule has 5 nitrogen and oxygen atoms in total. The molecule has 0 spiro atoms. The summed E-state index contributed by atoms with van der Waals surface area (Å²) in [6, 6.07) is 13.7. The van der Waals surface area contributed by atoms with Crippen molar-refractivity contribution >= 4 is 35.0 Å². The van der Waals surface area contributed by atoms with Gasteiger partial charge in [-0.25, -0.2) is 0 Å². The Hall–Kier alpha value is -2.24. The Morgan fingerprint density at radius 1 is 1.16 bits per heavy atom. The Labute approximate surface area is 200 Å². The first-order chi connectivity index (χ1) is 15.4. The van der Waals surface area contributed by atoms with Gasteiger partial charge in [0, 0.05) is 23.2 Å². The van der Waals surface area contributed by atoms with E-state index in [2.05, 4.69) is 12.2 Å². The number of rotatable bonds is 8. The molecular formula is C25H30Cl2N2O3. The van der Waals surface area contributed by atoms with Crippen LogP contribution in [0.3, 0.4) is 0 Å². The minimum absolute atomic E-state index is 0.0750. The van der Waals surface area contributed by atoms with Crippen LogP contribution in [-0.2, 0) is 16.1 Å². The molecule has 2 aromatic carbocycles. The highest BCUT2D eigenvalue weighted by molar-refractivity contribution is 6.31. The Morgan fingerprint density at radius 2 is 1.91 bits per heavy atom. The maximum Gasteiger partial charge on any atom is 0.247 e. The third-order valence-corrected chi connectivity index (χ3v) is 6.69. The van der Waals surface area contributed by atoms with Crippen molar-refractivity contribution < 1.29 is 14.3 Å². The molecule has 0 unspecified atom stereocenters. The largest absolute Gasteiger partial charge is 0.497 e. The van der Waals surface area contributed by atoms with Crippen molar-refractivity contribution in [1.29, 1.82) is 0 Å². The lowest BCUT2D eigenvalue weighted by Crippen LogP contribution is -2.49. The molecule has 0 saturated heterocycles. The minimum Gasteiger partial charge on any atom is -0.497 e. The average Bonchev–Trinajstić information content (AvgIpc) is 2.81. The molecule has 172 valence electrons. The standard InChI is InChI=1S/C25H30Cl2N2O3/c1-17-8-3-6-13-22(17)28-25(31)24(20-11-4-5-12-21(20)27)29(23(30)15-26)16-18-9-7-10-19(14-18)32-2/h4-5,7,9-12,14,17,22,24H,3,6,8,13,15-16H2,1-2H3,(H,28,31)/t17-,22-,24-/m0/s1. The topological polar surface area (TPSA) is 58.6 Å². The van der Waals surface area contributed by atoms with E-state index in [1.807, 2.05) is 30.3 Å². The first kappa shape index (κ1) is 24.4. The Morgan fingerprint density at radius 3 is 2.59 bits per heavy atom. The van der Waals surface area contributed by atoms with E-state index in [0.717, 1.165) is 24.8 Å². The fourth-order valence-electron chi connectivity index (χ4n) is 4.31. The number of nitrogens with zero attached hydrogens (tertiary/aromatic N) is 1. The number of hydrogen-bond acceptors (Lipinski definition) is 3. The molecule has 1 aliphatic carbocycles. The van der Waals surface area contributed by atoms with Gasteiger partial charge in [-0.2, -0.15) is 0 Å². The Bertz CT molecular complexity index is 937. The molecule has 3 atom stereocenters. The fraction of sp³-hybridized carbons (Fsp3) is 0.440. The third kappa shape index (κ3) is 5.96. The number of benzene rings is 2. The van der Waals surface area contributed by atoms with E-state index in [1.165, 1.54) is 11.3 Å². The van der Waals surface area contributed by atoms with Crippen molar-refractivity contribution in [3.63, 3.8) is 0 Å². The van der Waals surface area contributed by atoms with Crippen LogP contribution >= 0.6 is 23.2 Å². The average molecular weight is 477 g/mol. The van der Waals surface area contributed by atoms with Gasteiger partial charge >= 0.3 is 0 Å². The summed E-state index contributed by atoms with van der Waals surface area (Å²) in [4.78, 5) is 28.2. The van der Waals surface area contributed by atoms with Gasteiger partial charge in [0.05, 0.1) is 7.11 Å². The van der Waals surface area contributed by atoms with Crippen LogP contribution in [0, 0.1) is 5.92 Å². The lowest BCUT2D eigenvalue weighted by atomic mass is 9.85. The van der Waals surface area contributed by atoms with Gasteiger partial charge in [0.15, 0.2) is 0 Å². The molecule has 1 N–H and O–H groups in total. The molecule has 1 fully saturated rings. The number of carbonyl (C=O) groups is 2. The predicted octanol–water partition coefficient (Wildman–Crippen LogP) is 5.35. The van der Waals surface area contributed by atoms with Gasteiger partial charge in [-0.1, -0.05) is 61.7 Å². The van der Waals surface area contributed by atoms with Gasteiger partial charge in [0.1, 0.15) is 17.7 Å². The fourth-order valence-corrected chi connectivity index (χ4v) is 4.70. The number of nitrogens with one attached hydrogen (secondary N) is 1. The van der Waals surface area contributed by atoms with E-state index in [9.17, 15) is 9.59 Å². The van der Waals surface area contributed by atoms with Gasteiger partial charge in [-0.15, -0.1) is 11.6 Å². The van der Waals surface area contributed by atoms with Crippen LogP contribution in [0.15, 0.2) is 48.5 Å². The number of carbonyl (C=O) groups excluding carboxylic acids is 2. The van der Waals surface area contributed by atoms with E-state index in [4.69, 9.17) is 27.9 Å². The van der Waals surface area contributed by atoms with Crippen LogP contribution < -0.4 is 10.1 Å². The highest BCUT2D eigenvalue weighted by Crippen LogP contribution is 2.31. The van der Waals surface area contributed by atoms with Gasteiger partial charge in [0.2, 0.25) is 11.8 Å².